The van der Waals surface area contributed by atoms with Crippen molar-refractivity contribution in [1.29, 1.82) is 0 Å². The van der Waals surface area contributed by atoms with Crippen LogP contribution in [0.25, 0.3) is 0 Å². The number of ether oxygens (including phenoxy) is 2. The van der Waals surface area contributed by atoms with E-state index in [2.05, 4.69) is 27.6 Å². The Balaban J connectivity index is -0.000000154. The van der Waals surface area contributed by atoms with Gasteiger partial charge in [-0.05, 0) is 12.5 Å². The summed E-state index contributed by atoms with van der Waals surface area (Å²) in [5.41, 5.74) is 1.15. The van der Waals surface area contributed by atoms with Crippen molar-refractivity contribution in [2.75, 3.05) is 47.6 Å². The first-order valence-corrected chi connectivity index (χ1v) is 8.58. The summed E-state index contributed by atoms with van der Waals surface area (Å²) in [7, 11) is 4.94. The molecule has 0 aromatic heterocycles. The van der Waals surface area contributed by atoms with Crippen molar-refractivity contribution in [3.05, 3.63) is 36.0 Å². The summed E-state index contributed by atoms with van der Waals surface area (Å²) in [5.74, 6) is -0.103. The van der Waals surface area contributed by atoms with E-state index < -0.39 is 0 Å². The normalized spacial score (nSPS) is 10.2. The third-order valence-electron chi connectivity index (χ3n) is 1.83. The zero-order valence-electron chi connectivity index (χ0n) is 16.8. The number of thiol groups is 1. The van der Waals surface area contributed by atoms with Crippen molar-refractivity contribution in [3.8, 4) is 0 Å². The van der Waals surface area contributed by atoms with E-state index in [-0.39, 0.29) is 12.5 Å². The molecule has 0 saturated carbocycles. The number of amides is 1. The van der Waals surface area contributed by atoms with E-state index in [4.69, 9.17) is 9.84 Å². The van der Waals surface area contributed by atoms with Gasteiger partial charge >= 0.3 is 0 Å². The van der Waals surface area contributed by atoms with Crippen LogP contribution >= 0.6 is 12.8 Å². The molecule has 150 valence electrons. The molecular formula is C18H38N2O4S. The highest BCUT2D eigenvalue weighted by Gasteiger charge is 1.87. The molecule has 0 atom stereocenters. The predicted molar refractivity (Wildman–Crippen MR) is 111 cm³/mol. The fraction of sp³-hybridized carbons (Fsp3) is 0.611. The summed E-state index contributed by atoms with van der Waals surface area (Å²) >= 11 is 3.87. The summed E-state index contributed by atoms with van der Waals surface area (Å²) in [5, 5.41) is 10.5. The van der Waals surface area contributed by atoms with Gasteiger partial charge in [0.05, 0.1) is 13.2 Å². The maximum atomic E-state index is 9.98. The Kier molecular flexibility index (Phi) is 43.4. The summed E-state index contributed by atoms with van der Waals surface area (Å²) in [6.45, 7) is 9.17. The lowest BCUT2D eigenvalue weighted by atomic mass is 10.2. The van der Waals surface area contributed by atoms with Gasteiger partial charge in [-0.2, -0.15) is 0 Å². The molecule has 1 amide bonds. The van der Waals surface area contributed by atoms with Gasteiger partial charge in [-0.1, -0.05) is 57.0 Å². The molecule has 0 aliphatic rings. The Morgan fingerprint density at radius 2 is 1.80 bits per heavy atom. The van der Waals surface area contributed by atoms with Crippen LogP contribution in [0.2, 0.25) is 0 Å². The van der Waals surface area contributed by atoms with Crippen molar-refractivity contribution in [3.63, 3.8) is 0 Å². The van der Waals surface area contributed by atoms with Crippen LogP contribution in [-0.4, -0.2) is 58.6 Å². The van der Waals surface area contributed by atoms with Crippen LogP contribution in [0.4, 0.5) is 0 Å². The van der Waals surface area contributed by atoms with Crippen molar-refractivity contribution in [2.45, 2.75) is 27.7 Å². The van der Waals surface area contributed by atoms with E-state index in [9.17, 15) is 4.79 Å². The summed E-state index contributed by atoms with van der Waals surface area (Å²) in [6, 6.07) is 0. The van der Waals surface area contributed by atoms with Gasteiger partial charge in [-0.3, -0.25) is 9.52 Å². The third-order valence-corrected chi connectivity index (χ3v) is 2.02. The number of hydrogen-bond acceptors (Lipinski definition) is 6. The standard InChI is InChI=1S/C10H17NOS.C4H9NO2.C2H6O.C2H6/c1-3-6-10(9-12-2)7-4-5-8-11-13;1-4(7)5-2-3-6;1-3-2;1-2/h3-7,11,13H,8-9H2,1-2H3;6H,2-3H2,1H3,(H,5,7);1-2H3;1-2H3/b5-4+,6-3-,10-7+;;;. The molecule has 0 spiro atoms. The van der Waals surface area contributed by atoms with Gasteiger partial charge in [0.2, 0.25) is 5.91 Å². The zero-order valence-corrected chi connectivity index (χ0v) is 17.7. The molecule has 0 heterocycles. The first kappa shape index (κ1) is 31.6. The number of allylic oxidation sites excluding steroid dienone is 3. The Labute approximate surface area is 159 Å². The molecule has 0 bridgehead atoms. The van der Waals surface area contributed by atoms with E-state index in [0.29, 0.717) is 13.2 Å². The van der Waals surface area contributed by atoms with Crippen molar-refractivity contribution in [1.82, 2.24) is 10.0 Å². The fourth-order valence-electron chi connectivity index (χ4n) is 1.08. The molecule has 0 aliphatic heterocycles. The van der Waals surface area contributed by atoms with Crippen LogP contribution in [0.5, 0.6) is 0 Å². The minimum Gasteiger partial charge on any atom is -0.395 e. The van der Waals surface area contributed by atoms with Gasteiger partial charge in [0.25, 0.3) is 0 Å². The number of aliphatic hydroxyl groups excluding tert-OH is 1. The molecule has 0 radical (unpaired) electrons. The van der Waals surface area contributed by atoms with Crippen molar-refractivity contribution in [2.24, 2.45) is 0 Å². The summed E-state index contributed by atoms with van der Waals surface area (Å²) < 4.78 is 12.0. The maximum absolute atomic E-state index is 9.98. The highest BCUT2D eigenvalue weighted by molar-refractivity contribution is 7.78. The van der Waals surface area contributed by atoms with E-state index in [1.807, 2.05) is 51.2 Å². The number of carbonyl (C=O) groups is 1. The van der Waals surface area contributed by atoms with Crippen molar-refractivity contribution >= 4 is 18.7 Å². The van der Waals surface area contributed by atoms with Crippen LogP contribution in [-0.2, 0) is 14.3 Å². The molecule has 0 unspecified atom stereocenters. The van der Waals surface area contributed by atoms with Gasteiger partial charge < -0.3 is 19.9 Å². The number of nitrogens with one attached hydrogen (secondary N) is 2. The Hall–Kier alpha value is -1.12. The zero-order chi connectivity index (χ0) is 20.3. The Bertz CT molecular complexity index is 333. The molecular weight excluding hydrogens is 340 g/mol. The molecule has 0 aromatic rings. The first-order chi connectivity index (χ1) is 12.0. The second-order valence-electron chi connectivity index (χ2n) is 4.08. The molecule has 25 heavy (non-hydrogen) atoms. The number of methoxy groups -OCH3 is 2. The van der Waals surface area contributed by atoms with Gasteiger partial charge in [0, 0.05) is 41.3 Å². The number of carbonyl (C=O) groups excluding carboxylic acids is 1. The monoisotopic (exact) mass is 378 g/mol. The second kappa shape index (κ2) is 34.3. The third kappa shape index (κ3) is 45.1. The molecule has 7 heteroatoms. The lowest BCUT2D eigenvalue weighted by Gasteiger charge is -1.97. The molecule has 0 aliphatic carbocycles. The fourth-order valence-corrected chi connectivity index (χ4v) is 1.18. The van der Waals surface area contributed by atoms with Gasteiger partial charge in [-0.25, -0.2) is 0 Å². The van der Waals surface area contributed by atoms with Crippen LogP contribution in [0.1, 0.15) is 27.7 Å². The number of rotatable bonds is 8. The van der Waals surface area contributed by atoms with Gasteiger partial charge in [-0.15, -0.1) is 0 Å². The predicted octanol–water partition coefficient (Wildman–Crippen LogP) is 2.53. The lowest BCUT2D eigenvalue weighted by Crippen LogP contribution is -2.22. The molecule has 0 fully saturated rings. The SMILES string of the molecule is CC.CC(=O)NCCO.COC.C\C=C/C(=C\C=C\CNS)COC. The van der Waals surface area contributed by atoms with E-state index >= 15 is 0 Å². The van der Waals surface area contributed by atoms with E-state index in [1.54, 1.807) is 21.3 Å². The van der Waals surface area contributed by atoms with Crippen molar-refractivity contribution < 1.29 is 19.4 Å². The molecule has 0 saturated heterocycles. The van der Waals surface area contributed by atoms with Gasteiger partial charge in [0.15, 0.2) is 0 Å². The summed E-state index contributed by atoms with van der Waals surface area (Å²) in [4.78, 5) is 9.98. The average Bonchev–Trinajstić information content (AvgIpc) is 2.60. The number of aliphatic hydroxyl groups is 1. The highest BCUT2D eigenvalue weighted by Crippen LogP contribution is 1.97. The largest absolute Gasteiger partial charge is 0.395 e. The first-order valence-electron chi connectivity index (χ1n) is 8.13. The van der Waals surface area contributed by atoms with E-state index in [0.717, 1.165) is 12.1 Å². The van der Waals surface area contributed by atoms with Crippen LogP contribution in [0.3, 0.4) is 0 Å². The Morgan fingerprint density at radius 1 is 1.24 bits per heavy atom. The Morgan fingerprint density at radius 3 is 2.12 bits per heavy atom. The quantitative estimate of drug-likeness (QED) is 0.386. The smallest absolute Gasteiger partial charge is 0.216 e. The van der Waals surface area contributed by atoms with Crippen LogP contribution in [0, 0.1) is 0 Å². The minimum atomic E-state index is -0.103. The molecule has 0 rings (SSSR count). The number of hydrogen-bond donors (Lipinski definition) is 4. The average molecular weight is 379 g/mol. The lowest BCUT2D eigenvalue weighted by molar-refractivity contribution is -0.119. The second-order valence-corrected chi connectivity index (χ2v) is 4.40. The topological polar surface area (TPSA) is 79.8 Å². The van der Waals surface area contributed by atoms with E-state index in [1.165, 1.54) is 6.92 Å². The van der Waals surface area contributed by atoms with Crippen LogP contribution < -0.4 is 10.0 Å². The summed E-state index contributed by atoms with van der Waals surface area (Å²) in [6.07, 6.45) is 10.0. The van der Waals surface area contributed by atoms with Gasteiger partial charge in [0.1, 0.15) is 0 Å². The highest BCUT2D eigenvalue weighted by atomic mass is 32.1. The maximum Gasteiger partial charge on any atom is 0.216 e. The minimum absolute atomic E-state index is 0.0135. The molecule has 6 nitrogen and oxygen atoms in total. The van der Waals surface area contributed by atoms with Crippen LogP contribution in [0.15, 0.2) is 36.0 Å². The molecule has 3 N–H and O–H groups in total. The molecule has 0 aromatic carbocycles.